The zero-order chi connectivity index (χ0) is 20.6. The van der Waals surface area contributed by atoms with Crippen molar-refractivity contribution in [1.82, 2.24) is 0 Å². The zero-order valence-electron chi connectivity index (χ0n) is 17.5. The lowest BCUT2D eigenvalue weighted by Crippen LogP contribution is -1.96. The molecule has 4 aliphatic carbocycles. The molecule has 146 valence electrons. The molecular formula is C32H18. The van der Waals surface area contributed by atoms with Crippen molar-refractivity contribution < 1.29 is 0 Å². The van der Waals surface area contributed by atoms with E-state index in [4.69, 9.17) is 0 Å². The topological polar surface area (TPSA) is 0 Å². The van der Waals surface area contributed by atoms with Gasteiger partial charge >= 0.3 is 0 Å². The Hall–Kier alpha value is -3.90. The van der Waals surface area contributed by atoms with Crippen molar-refractivity contribution in [2.24, 2.45) is 0 Å². The predicted molar refractivity (Wildman–Crippen MR) is 134 cm³/mol. The first kappa shape index (κ1) is 15.8. The first-order valence-corrected chi connectivity index (χ1v) is 11.6. The molecule has 0 aromatic heterocycles. The molecule has 0 N–H and O–H groups in total. The summed E-state index contributed by atoms with van der Waals surface area (Å²) in [5, 5.41) is 5.66. The minimum Gasteiger partial charge on any atom is -0.0716 e. The van der Waals surface area contributed by atoms with Crippen molar-refractivity contribution >= 4 is 32.7 Å². The van der Waals surface area contributed by atoms with E-state index in [1.807, 2.05) is 0 Å². The molecule has 0 saturated carbocycles. The van der Waals surface area contributed by atoms with E-state index < -0.39 is 0 Å². The van der Waals surface area contributed by atoms with Crippen LogP contribution in [0.2, 0.25) is 0 Å². The molecule has 0 radical (unpaired) electrons. The molecule has 0 saturated heterocycles. The van der Waals surface area contributed by atoms with Gasteiger partial charge in [0.2, 0.25) is 0 Å². The van der Waals surface area contributed by atoms with Crippen molar-refractivity contribution in [3.8, 4) is 22.3 Å². The first-order chi connectivity index (χ1) is 15.9. The van der Waals surface area contributed by atoms with E-state index in [1.54, 1.807) is 0 Å². The zero-order valence-corrected chi connectivity index (χ0v) is 17.5. The van der Waals surface area contributed by atoms with Gasteiger partial charge in [0.25, 0.3) is 0 Å². The van der Waals surface area contributed by atoms with Crippen molar-refractivity contribution in [2.75, 3.05) is 0 Å². The summed E-state index contributed by atoms with van der Waals surface area (Å²) in [5.74, 6) is 0. The van der Waals surface area contributed by atoms with Crippen LogP contribution in [-0.2, 0) is 12.8 Å². The number of benzene rings is 5. The Morgan fingerprint density at radius 3 is 1.44 bits per heavy atom. The summed E-state index contributed by atoms with van der Waals surface area (Å²) >= 11 is 0. The Labute approximate surface area is 186 Å². The molecular weight excluding hydrogens is 384 g/mol. The maximum atomic E-state index is 2.50. The third kappa shape index (κ3) is 1.64. The standard InChI is InChI=1S/C32H18/c1-3-17-7-11-21-25-15-27-23-13-9-19-5-2-6-20-10-14-24(32(23)30(19)20)28(27)16-26(25)22-12-8-18(4-1)29(17)31(21)22/h1-7,10-16H,8-9H2. The van der Waals surface area contributed by atoms with Gasteiger partial charge in [-0.1, -0.05) is 72.8 Å². The van der Waals surface area contributed by atoms with Gasteiger partial charge in [0, 0.05) is 0 Å². The Balaban J connectivity index is 1.39. The van der Waals surface area contributed by atoms with Crippen LogP contribution in [0.4, 0.5) is 0 Å². The average molecular weight is 402 g/mol. The highest BCUT2D eigenvalue weighted by atomic mass is 14.4. The normalized spacial score (nSPS) is 15.6. The second-order valence-corrected chi connectivity index (χ2v) is 9.59. The summed E-state index contributed by atoms with van der Waals surface area (Å²) in [6, 6.07) is 27.8. The molecule has 0 amide bonds. The molecule has 0 bridgehead atoms. The van der Waals surface area contributed by atoms with Crippen molar-refractivity contribution in [1.29, 1.82) is 0 Å². The molecule has 0 nitrogen and oxygen atoms in total. The molecule has 5 aromatic carbocycles. The van der Waals surface area contributed by atoms with Crippen molar-refractivity contribution in [3.63, 3.8) is 0 Å². The van der Waals surface area contributed by atoms with Gasteiger partial charge in [-0.2, -0.15) is 0 Å². The third-order valence-corrected chi connectivity index (χ3v) is 8.17. The summed E-state index contributed by atoms with van der Waals surface area (Å²) in [6.45, 7) is 0. The fourth-order valence-electron chi connectivity index (χ4n) is 6.87. The Bertz CT molecular complexity index is 1670. The highest BCUT2D eigenvalue weighted by molar-refractivity contribution is 6.18. The van der Waals surface area contributed by atoms with Gasteiger partial charge in [0.05, 0.1) is 0 Å². The molecule has 0 heteroatoms. The SMILES string of the molecule is C1=C2c3cc4c(cc3-c3ccc5cccc(c5c32)C1)C1=CCc2cccc3ccc-4c1c23. The van der Waals surface area contributed by atoms with Crippen LogP contribution in [0.1, 0.15) is 33.4 Å². The van der Waals surface area contributed by atoms with Gasteiger partial charge in [0.1, 0.15) is 0 Å². The van der Waals surface area contributed by atoms with Crippen LogP contribution in [0.25, 0.3) is 54.9 Å². The van der Waals surface area contributed by atoms with Gasteiger partial charge < -0.3 is 0 Å². The maximum Gasteiger partial charge on any atom is -0.00206 e. The van der Waals surface area contributed by atoms with E-state index in [0.717, 1.165) is 12.8 Å². The van der Waals surface area contributed by atoms with Crippen LogP contribution >= 0.6 is 0 Å². The fourth-order valence-corrected chi connectivity index (χ4v) is 6.87. The van der Waals surface area contributed by atoms with Gasteiger partial charge in [0.15, 0.2) is 0 Å². The highest BCUT2D eigenvalue weighted by Crippen LogP contribution is 2.56. The van der Waals surface area contributed by atoms with E-state index >= 15 is 0 Å². The Morgan fingerprint density at radius 2 is 0.938 bits per heavy atom. The number of rotatable bonds is 0. The first-order valence-electron chi connectivity index (χ1n) is 11.6. The largest absolute Gasteiger partial charge is 0.0716 e. The lowest BCUT2D eigenvalue weighted by Gasteiger charge is -2.16. The van der Waals surface area contributed by atoms with Crippen molar-refractivity contribution in [2.45, 2.75) is 12.8 Å². The number of allylic oxidation sites excluding steroid dienone is 2. The smallest absolute Gasteiger partial charge is 0.00206 e. The summed E-state index contributed by atoms with van der Waals surface area (Å²) in [4.78, 5) is 0. The monoisotopic (exact) mass is 402 g/mol. The van der Waals surface area contributed by atoms with Gasteiger partial charge in [-0.25, -0.2) is 0 Å². The molecule has 0 fully saturated rings. The lowest BCUT2D eigenvalue weighted by atomic mass is 9.87. The summed E-state index contributed by atoms with van der Waals surface area (Å²) < 4.78 is 0. The van der Waals surface area contributed by atoms with Crippen LogP contribution in [0.5, 0.6) is 0 Å². The second-order valence-electron chi connectivity index (χ2n) is 9.59. The molecule has 32 heavy (non-hydrogen) atoms. The van der Waals surface area contributed by atoms with Crippen LogP contribution in [-0.4, -0.2) is 0 Å². The van der Waals surface area contributed by atoms with Crippen LogP contribution in [0.15, 0.2) is 84.9 Å². The van der Waals surface area contributed by atoms with Gasteiger partial charge in [-0.05, 0) is 113 Å². The average Bonchev–Trinajstić information content (AvgIpc) is 3.34. The van der Waals surface area contributed by atoms with E-state index in [9.17, 15) is 0 Å². The quantitative estimate of drug-likeness (QED) is 0.242. The molecule has 9 rings (SSSR count). The molecule has 0 spiro atoms. The van der Waals surface area contributed by atoms with Crippen LogP contribution in [0.3, 0.4) is 0 Å². The Kier molecular flexibility index (Phi) is 2.53. The van der Waals surface area contributed by atoms with E-state index in [0.29, 0.717) is 0 Å². The van der Waals surface area contributed by atoms with Crippen LogP contribution in [0, 0.1) is 0 Å². The molecule has 5 aromatic rings. The summed E-state index contributed by atoms with van der Waals surface area (Å²) in [7, 11) is 0. The number of hydrogen-bond acceptors (Lipinski definition) is 0. The number of hydrogen-bond donors (Lipinski definition) is 0. The fraction of sp³-hybridized carbons (Fsp3) is 0.0625. The summed E-state index contributed by atoms with van der Waals surface area (Å²) in [6.07, 6.45) is 6.97. The van der Waals surface area contributed by atoms with Gasteiger partial charge in [-0.15, -0.1) is 0 Å². The minimum absolute atomic E-state index is 1.02. The van der Waals surface area contributed by atoms with Crippen molar-refractivity contribution in [3.05, 3.63) is 118 Å². The molecule has 0 unspecified atom stereocenters. The minimum atomic E-state index is 1.02. The predicted octanol–water partition coefficient (Wildman–Crippen LogP) is 7.93. The maximum absolute atomic E-state index is 2.50. The molecule has 0 heterocycles. The van der Waals surface area contributed by atoms with E-state index in [1.165, 1.54) is 88.3 Å². The van der Waals surface area contributed by atoms with E-state index in [2.05, 4.69) is 84.9 Å². The molecule has 0 aliphatic heterocycles. The van der Waals surface area contributed by atoms with Crippen LogP contribution < -0.4 is 0 Å². The number of fused-ring (bicyclic) bond motifs is 6. The summed E-state index contributed by atoms with van der Waals surface area (Å²) in [5.41, 5.74) is 17.2. The molecule has 0 atom stereocenters. The molecule has 4 aliphatic rings. The lowest BCUT2D eigenvalue weighted by molar-refractivity contribution is 1.28. The third-order valence-electron chi connectivity index (χ3n) is 8.17. The Morgan fingerprint density at radius 1 is 0.438 bits per heavy atom. The van der Waals surface area contributed by atoms with Gasteiger partial charge in [-0.3, -0.25) is 0 Å². The second kappa shape index (κ2) is 5.11. The van der Waals surface area contributed by atoms with E-state index in [-0.39, 0.29) is 0 Å². The highest BCUT2D eigenvalue weighted by Gasteiger charge is 2.34.